The van der Waals surface area contributed by atoms with Gasteiger partial charge in [-0.1, -0.05) is 23.8 Å². The molecule has 9 N–H and O–H groups in total. The quantitative estimate of drug-likeness (QED) is 0.0514. The standard InChI is InChI=1S/C29H32ClN9O5/c1-44-29(43)35-20-7-8-21-23(13-20)37-27(42)11-17(15-40)3-2-4-22(28-33-14-24(21)38-28)36-26(41)10-5-18-12-19(30)6-9-25(18)39(32)16-34-31/h2-3,5-10,12-14,16-17,22,40H,4,11,15,31-32H2,1H3,(H,33,38)(H,35,43)(H,36,41)(H,37,42)/b3-2+,10-5+,34-16-/t17?,22-/m0/s1. The van der Waals surface area contributed by atoms with Crippen molar-refractivity contribution < 1.29 is 24.2 Å². The lowest BCUT2D eigenvalue weighted by molar-refractivity contribution is -0.117. The van der Waals surface area contributed by atoms with Crippen molar-refractivity contribution in [3.63, 3.8) is 0 Å². The number of carbonyl (C=O) groups is 3. The van der Waals surface area contributed by atoms with Crippen LogP contribution < -0.4 is 32.6 Å². The molecule has 0 radical (unpaired) electrons. The summed E-state index contributed by atoms with van der Waals surface area (Å²) in [5.41, 5.74) is 3.00. The number of H-pyrrole nitrogens is 1. The maximum atomic E-state index is 13.1. The smallest absolute Gasteiger partial charge is 0.411 e. The molecule has 14 nitrogen and oxygen atoms in total. The molecule has 3 aromatic rings. The van der Waals surface area contributed by atoms with E-state index in [4.69, 9.17) is 23.3 Å². The summed E-state index contributed by atoms with van der Waals surface area (Å²) in [5.74, 6) is 10.4. The van der Waals surface area contributed by atoms with Crippen molar-refractivity contribution in [3.8, 4) is 11.3 Å². The first-order valence-electron chi connectivity index (χ1n) is 13.4. The zero-order valence-electron chi connectivity index (χ0n) is 23.7. The minimum absolute atomic E-state index is 0.00325. The average molecular weight is 622 g/mol. The lowest BCUT2D eigenvalue weighted by atomic mass is 10.0. The number of anilines is 3. The number of aromatic amines is 1. The number of nitrogens with two attached hydrogens (primary N) is 2. The van der Waals surface area contributed by atoms with E-state index in [-0.39, 0.29) is 18.9 Å². The van der Waals surface area contributed by atoms with E-state index in [0.717, 1.165) is 0 Å². The van der Waals surface area contributed by atoms with Gasteiger partial charge < -0.3 is 31.3 Å². The molecule has 2 aromatic carbocycles. The van der Waals surface area contributed by atoms with Crippen molar-refractivity contribution in [1.82, 2.24) is 15.3 Å². The lowest BCUT2D eigenvalue weighted by Crippen LogP contribution is -2.30. The van der Waals surface area contributed by atoms with Gasteiger partial charge in [0.05, 0.1) is 36.4 Å². The van der Waals surface area contributed by atoms with Gasteiger partial charge in [0.25, 0.3) is 0 Å². The first kappa shape index (κ1) is 31.7. The van der Waals surface area contributed by atoms with Gasteiger partial charge in [-0.05, 0) is 48.9 Å². The van der Waals surface area contributed by atoms with Crippen LogP contribution in [0.1, 0.15) is 30.3 Å². The molecule has 1 aliphatic heterocycles. The number of methoxy groups -OCH3 is 1. The van der Waals surface area contributed by atoms with Crippen LogP contribution in [0.15, 0.2) is 65.9 Å². The van der Waals surface area contributed by atoms with Gasteiger partial charge >= 0.3 is 6.09 Å². The normalized spacial score (nSPS) is 17.5. The summed E-state index contributed by atoms with van der Waals surface area (Å²) in [7, 11) is 1.24. The van der Waals surface area contributed by atoms with E-state index in [2.05, 4.69) is 35.8 Å². The first-order valence-corrected chi connectivity index (χ1v) is 13.8. The second-order valence-electron chi connectivity index (χ2n) is 9.69. The third-order valence-corrected chi connectivity index (χ3v) is 6.83. The van der Waals surface area contributed by atoms with Crippen LogP contribution in [0.4, 0.5) is 21.9 Å². The van der Waals surface area contributed by atoms with E-state index < -0.39 is 24.0 Å². The van der Waals surface area contributed by atoms with Gasteiger partial charge in [-0.3, -0.25) is 19.9 Å². The summed E-state index contributed by atoms with van der Waals surface area (Å²) in [6.45, 7) is -0.264. The summed E-state index contributed by atoms with van der Waals surface area (Å²) in [4.78, 5) is 45.5. The Hall–Kier alpha value is -5.18. The van der Waals surface area contributed by atoms with E-state index in [1.165, 1.54) is 24.5 Å². The van der Waals surface area contributed by atoms with Gasteiger partial charge in [-0.15, -0.1) is 0 Å². The highest BCUT2D eigenvalue weighted by Gasteiger charge is 2.21. The number of carbonyl (C=O) groups excluding carboxylic acids is 3. The van der Waals surface area contributed by atoms with Gasteiger partial charge in [-0.25, -0.2) is 15.6 Å². The number of aliphatic hydroxyl groups excluding tert-OH is 1. The summed E-state index contributed by atoms with van der Waals surface area (Å²) >= 11 is 6.16. The SMILES string of the molecule is COC(=O)Nc1ccc2c(c1)NC(=O)CC(CO)/C=C/C[C@H](NC(=O)/C=C/c1cc(Cl)ccc1N(N)/C=N\N)c1ncc-2[nH]1. The number of hydrazine groups is 1. The van der Waals surface area contributed by atoms with E-state index >= 15 is 0 Å². The highest BCUT2D eigenvalue weighted by Crippen LogP contribution is 2.32. The fourth-order valence-electron chi connectivity index (χ4n) is 4.47. The minimum Gasteiger partial charge on any atom is -0.453 e. The number of ether oxygens (including phenoxy) is 1. The lowest BCUT2D eigenvalue weighted by Gasteiger charge is -2.16. The zero-order chi connectivity index (χ0) is 31.6. The first-order chi connectivity index (χ1) is 21.2. The van der Waals surface area contributed by atoms with Crippen LogP contribution in [0.5, 0.6) is 0 Å². The van der Waals surface area contributed by atoms with Crippen LogP contribution in [-0.4, -0.2) is 53.0 Å². The maximum absolute atomic E-state index is 13.1. The topological polar surface area (TPSA) is 213 Å². The molecule has 3 amide bonds. The molecule has 1 unspecified atom stereocenters. The number of hydrazone groups is 1. The number of amides is 3. The number of imidazole rings is 1. The van der Waals surface area contributed by atoms with Crippen molar-refractivity contribution in [1.29, 1.82) is 0 Å². The van der Waals surface area contributed by atoms with Crippen molar-refractivity contribution >= 4 is 59.0 Å². The summed E-state index contributed by atoms with van der Waals surface area (Å²) in [6.07, 6.45) is 8.84. The number of hydrogen-bond acceptors (Lipinski definition) is 9. The molecule has 230 valence electrons. The number of fused-ring (bicyclic) bond motifs is 4. The van der Waals surface area contributed by atoms with Crippen LogP contribution in [0.25, 0.3) is 17.3 Å². The Labute approximate surface area is 257 Å². The Balaban J connectivity index is 1.65. The molecule has 0 saturated heterocycles. The van der Waals surface area contributed by atoms with E-state index in [0.29, 0.717) is 51.2 Å². The van der Waals surface area contributed by atoms with Crippen LogP contribution in [0.2, 0.25) is 5.02 Å². The number of nitrogens with zero attached hydrogens (tertiary/aromatic N) is 3. The molecular formula is C29H32ClN9O5. The third kappa shape index (κ3) is 8.22. The number of aromatic nitrogens is 2. The molecule has 1 aromatic heterocycles. The van der Waals surface area contributed by atoms with Gasteiger partial charge in [0.15, 0.2) is 0 Å². The van der Waals surface area contributed by atoms with Crippen molar-refractivity contribution in [2.24, 2.45) is 22.7 Å². The molecule has 2 bridgehead atoms. The summed E-state index contributed by atoms with van der Waals surface area (Å²) in [5, 5.41) is 23.3. The third-order valence-electron chi connectivity index (χ3n) is 6.59. The summed E-state index contributed by atoms with van der Waals surface area (Å²) in [6, 6.07) is 9.28. The molecule has 2 atom stereocenters. The van der Waals surface area contributed by atoms with Crippen molar-refractivity contribution in [3.05, 3.63) is 77.2 Å². The van der Waals surface area contributed by atoms with Crippen LogP contribution >= 0.6 is 11.6 Å². The van der Waals surface area contributed by atoms with Gasteiger partial charge in [0.2, 0.25) is 11.8 Å². The van der Waals surface area contributed by atoms with Gasteiger partial charge in [0, 0.05) is 46.9 Å². The van der Waals surface area contributed by atoms with Crippen molar-refractivity contribution in [2.45, 2.75) is 18.9 Å². The predicted octanol–water partition coefficient (Wildman–Crippen LogP) is 3.26. The Morgan fingerprint density at radius 2 is 2.11 bits per heavy atom. The van der Waals surface area contributed by atoms with Crippen LogP contribution in [0.3, 0.4) is 0 Å². The second kappa shape index (κ2) is 14.8. The number of benzene rings is 2. The van der Waals surface area contributed by atoms with E-state index in [1.807, 2.05) is 0 Å². The second-order valence-corrected chi connectivity index (χ2v) is 10.1. The molecule has 2 heterocycles. The fraction of sp³-hybridized carbons (Fsp3) is 0.207. The number of aliphatic hydroxyl groups is 1. The number of hydrogen-bond donors (Lipinski definition) is 7. The van der Waals surface area contributed by atoms with E-state index in [9.17, 15) is 19.5 Å². The van der Waals surface area contributed by atoms with Gasteiger partial charge in [-0.2, -0.15) is 5.10 Å². The molecule has 1 aliphatic rings. The molecule has 0 saturated carbocycles. The van der Waals surface area contributed by atoms with Crippen LogP contribution in [-0.2, 0) is 14.3 Å². The zero-order valence-corrected chi connectivity index (χ0v) is 24.4. The molecule has 44 heavy (non-hydrogen) atoms. The molecule has 15 heteroatoms. The Kier molecular flexibility index (Phi) is 10.7. The highest BCUT2D eigenvalue weighted by molar-refractivity contribution is 6.30. The molecule has 0 fully saturated rings. The largest absolute Gasteiger partial charge is 0.453 e. The number of nitrogens with one attached hydrogen (secondary N) is 4. The fourth-order valence-corrected chi connectivity index (χ4v) is 4.65. The van der Waals surface area contributed by atoms with Crippen LogP contribution in [0, 0.1) is 5.92 Å². The molecule has 0 aliphatic carbocycles. The number of halogens is 1. The molecular weight excluding hydrogens is 590 g/mol. The van der Waals surface area contributed by atoms with Gasteiger partial charge in [0.1, 0.15) is 12.2 Å². The average Bonchev–Trinajstić information content (AvgIpc) is 3.49. The molecule has 4 rings (SSSR count). The number of rotatable bonds is 7. The highest BCUT2D eigenvalue weighted by atomic mass is 35.5. The maximum Gasteiger partial charge on any atom is 0.411 e. The van der Waals surface area contributed by atoms with E-state index in [1.54, 1.807) is 60.8 Å². The minimum atomic E-state index is -0.667. The Bertz CT molecular complexity index is 1600. The Morgan fingerprint density at radius 1 is 1.30 bits per heavy atom. The monoisotopic (exact) mass is 621 g/mol. The van der Waals surface area contributed by atoms with Crippen molar-refractivity contribution in [2.75, 3.05) is 29.4 Å². The Morgan fingerprint density at radius 3 is 2.86 bits per heavy atom. The summed E-state index contributed by atoms with van der Waals surface area (Å²) < 4.78 is 4.66. The predicted molar refractivity (Wildman–Crippen MR) is 168 cm³/mol. The molecule has 0 spiro atoms.